The second kappa shape index (κ2) is 20.4. The van der Waals surface area contributed by atoms with E-state index < -0.39 is 71.1 Å². The van der Waals surface area contributed by atoms with E-state index in [2.05, 4.69) is 15.6 Å². The summed E-state index contributed by atoms with van der Waals surface area (Å²) in [7, 11) is 1.17. The molecule has 0 aromatic heterocycles. The Kier molecular flexibility index (Phi) is 15.8. The third-order valence-electron chi connectivity index (χ3n) is 9.87. The Morgan fingerprint density at radius 3 is 2.38 bits per heavy atom. The number of nitrogens with one attached hydrogen (secondary N) is 3. The monoisotopic (exact) mass is 767 g/mol. The van der Waals surface area contributed by atoms with Crippen LogP contribution in [0, 0.1) is 22.0 Å². The zero-order valence-electron chi connectivity index (χ0n) is 31.5. The number of nitro groups is 1. The molecule has 3 amide bonds. The van der Waals surface area contributed by atoms with Gasteiger partial charge in [0.1, 0.15) is 36.6 Å². The predicted molar refractivity (Wildman–Crippen MR) is 200 cm³/mol. The van der Waals surface area contributed by atoms with Crippen LogP contribution in [-0.4, -0.2) is 99.8 Å². The fourth-order valence-electron chi connectivity index (χ4n) is 7.19. The van der Waals surface area contributed by atoms with Crippen LogP contribution in [0.1, 0.15) is 69.9 Å². The molecule has 300 valence electrons. The van der Waals surface area contributed by atoms with Crippen molar-refractivity contribution >= 4 is 29.7 Å². The summed E-state index contributed by atoms with van der Waals surface area (Å²) < 4.78 is 10.7. The molecule has 0 radical (unpaired) electrons. The van der Waals surface area contributed by atoms with Gasteiger partial charge in [-0.2, -0.15) is 0 Å². The molecular weight excluding hydrogens is 714 g/mol. The first-order valence-electron chi connectivity index (χ1n) is 18.6. The molecule has 2 fully saturated rings. The number of carbonyl (C=O) groups is 4. The molecule has 0 unspecified atom stereocenters. The highest BCUT2D eigenvalue weighted by Gasteiger charge is 2.50. The smallest absolute Gasteiger partial charge is 0.328 e. The molecule has 0 bridgehead atoms. The van der Waals surface area contributed by atoms with Gasteiger partial charge < -0.3 is 41.0 Å². The lowest BCUT2D eigenvalue weighted by molar-refractivity contribution is -0.525. The molecule has 0 spiro atoms. The quantitative estimate of drug-likeness (QED) is 0.0315. The third kappa shape index (κ3) is 12.6. The number of esters is 1. The Labute approximate surface area is 320 Å². The van der Waals surface area contributed by atoms with Crippen LogP contribution < -0.4 is 26.5 Å². The predicted octanol–water partition coefficient (Wildman–Crippen LogP) is 1.36. The van der Waals surface area contributed by atoms with Crippen LogP contribution in [0.3, 0.4) is 0 Å². The van der Waals surface area contributed by atoms with Gasteiger partial charge in [0.05, 0.1) is 13.2 Å². The van der Waals surface area contributed by atoms with Gasteiger partial charge in [0.25, 0.3) is 5.96 Å². The van der Waals surface area contributed by atoms with E-state index in [1.807, 2.05) is 44.2 Å². The largest absolute Gasteiger partial charge is 0.489 e. The van der Waals surface area contributed by atoms with E-state index in [0.29, 0.717) is 30.8 Å². The van der Waals surface area contributed by atoms with Gasteiger partial charge in [-0.1, -0.05) is 61.7 Å². The number of aliphatic hydroxyl groups is 2. The van der Waals surface area contributed by atoms with E-state index in [0.717, 1.165) is 5.56 Å². The maximum Gasteiger partial charge on any atom is 0.328 e. The van der Waals surface area contributed by atoms with Crippen molar-refractivity contribution in [2.24, 2.45) is 22.6 Å². The summed E-state index contributed by atoms with van der Waals surface area (Å²) in [6, 6.07) is 13.0. The number of methoxy groups -OCH3 is 1. The topological polar surface area (TPSA) is 248 Å². The molecule has 55 heavy (non-hydrogen) atoms. The van der Waals surface area contributed by atoms with Crippen LogP contribution >= 0.6 is 0 Å². The first-order chi connectivity index (χ1) is 26.2. The summed E-state index contributed by atoms with van der Waals surface area (Å²) in [5.41, 5.74) is 8.88. The minimum Gasteiger partial charge on any atom is -0.489 e. The molecule has 1 aliphatic heterocycles. The molecule has 2 aromatic carbocycles. The van der Waals surface area contributed by atoms with Gasteiger partial charge in [-0.3, -0.25) is 14.4 Å². The molecule has 7 atom stereocenters. The third-order valence-corrected chi connectivity index (χ3v) is 9.87. The number of hydrogen-bond acceptors (Lipinski definition) is 11. The average molecular weight is 768 g/mol. The highest BCUT2D eigenvalue weighted by molar-refractivity contribution is 5.95. The lowest BCUT2D eigenvalue weighted by Crippen LogP contribution is -2.59. The zero-order valence-corrected chi connectivity index (χ0v) is 31.5. The zero-order chi connectivity index (χ0) is 40.1. The molecule has 17 nitrogen and oxygen atoms in total. The Hall–Kier alpha value is -5.29. The van der Waals surface area contributed by atoms with E-state index >= 15 is 0 Å². The Bertz CT molecular complexity index is 1640. The molecule has 1 heterocycles. The molecule has 7 N–H and O–H groups in total. The van der Waals surface area contributed by atoms with E-state index in [4.69, 9.17) is 15.2 Å². The number of amides is 3. The van der Waals surface area contributed by atoms with Gasteiger partial charge in [0.15, 0.2) is 5.03 Å². The maximum absolute atomic E-state index is 14.5. The highest BCUT2D eigenvalue weighted by Crippen LogP contribution is 2.40. The van der Waals surface area contributed by atoms with Crippen molar-refractivity contribution in [2.75, 3.05) is 13.7 Å². The minimum absolute atomic E-state index is 0.0158. The van der Waals surface area contributed by atoms with Crippen LogP contribution in [0.25, 0.3) is 0 Å². The number of likely N-dealkylation sites (tertiary alicyclic amines) is 1. The number of nitrogens with two attached hydrogens (primary N) is 1. The number of aliphatic hydroxyl groups excluding tert-OH is 2. The molecule has 17 heteroatoms. The van der Waals surface area contributed by atoms with Crippen LogP contribution in [0.15, 0.2) is 59.6 Å². The fourth-order valence-corrected chi connectivity index (χ4v) is 7.19. The standard InChI is InChI=1S/C38H53N7O10/c1-23(2)18-30(42-35(49)33(47)19-24-11-15-28(16-12-24)55-22-25-8-5-4-6-9-25)36(50)44-31-21-27(46)14-13-26(31)20-32(44)34(48)41-29(37(51)54-3)10-7-17-40-38(39)43-45(52)53/h4-6,8-9,11-12,15-16,23,26-27,29-33,46-47H,7,10,13-14,17-22H2,1-3H3,(H,41,48)(H,42,49)(H3,39,40,43)/t26-,27+,29-,30-,31-,32-,33+/m0/s1. The van der Waals surface area contributed by atoms with E-state index in [9.17, 15) is 39.5 Å². The summed E-state index contributed by atoms with van der Waals surface area (Å²) in [6.45, 7) is 4.18. The Morgan fingerprint density at radius 1 is 1.02 bits per heavy atom. The average Bonchev–Trinajstić information content (AvgIpc) is 3.53. The number of guanidine groups is 1. The van der Waals surface area contributed by atoms with Gasteiger partial charge in [0, 0.05) is 19.0 Å². The molecule has 2 aliphatic rings. The molecule has 1 aliphatic carbocycles. The number of nitrogens with zero attached hydrogens (tertiary/aromatic N) is 3. The van der Waals surface area contributed by atoms with Crippen molar-refractivity contribution in [3.8, 4) is 5.75 Å². The second-order valence-electron chi connectivity index (χ2n) is 14.5. The number of rotatable bonds is 18. The number of hydrogen-bond donors (Lipinski definition) is 6. The van der Waals surface area contributed by atoms with Crippen LogP contribution in [-0.2, 0) is 36.9 Å². The van der Waals surface area contributed by atoms with Gasteiger partial charge in [-0.15, -0.1) is 0 Å². The highest BCUT2D eigenvalue weighted by atomic mass is 16.7. The Morgan fingerprint density at radius 2 is 1.73 bits per heavy atom. The summed E-state index contributed by atoms with van der Waals surface area (Å²) in [4.78, 5) is 70.4. The first-order valence-corrected chi connectivity index (χ1v) is 18.6. The van der Waals surface area contributed by atoms with E-state index in [1.54, 1.807) is 29.7 Å². The van der Waals surface area contributed by atoms with Crippen molar-refractivity contribution in [3.05, 3.63) is 75.8 Å². The summed E-state index contributed by atoms with van der Waals surface area (Å²) in [5.74, 6) is -2.54. The molecule has 4 rings (SSSR count). The number of aliphatic imine (C=N–C) groups is 1. The van der Waals surface area contributed by atoms with Crippen molar-refractivity contribution in [1.29, 1.82) is 0 Å². The van der Waals surface area contributed by atoms with Gasteiger partial charge in [0.2, 0.25) is 17.7 Å². The van der Waals surface area contributed by atoms with E-state index in [-0.39, 0.29) is 56.9 Å². The number of hydrazine groups is 1. The van der Waals surface area contributed by atoms with Crippen molar-refractivity contribution in [1.82, 2.24) is 21.0 Å². The maximum atomic E-state index is 14.5. The Balaban J connectivity index is 1.45. The van der Waals surface area contributed by atoms with Crippen molar-refractivity contribution < 1.29 is 43.9 Å². The fraction of sp³-hybridized carbons (Fsp3) is 0.553. The van der Waals surface area contributed by atoms with Gasteiger partial charge in [-0.05, 0) is 80.0 Å². The molecule has 1 saturated heterocycles. The molecule has 1 saturated carbocycles. The van der Waals surface area contributed by atoms with Gasteiger partial charge >= 0.3 is 5.97 Å². The van der Waals surface area contributed by atoms with Crippen molar-refractivity contribution in [3.63, 3.8) is 0 Å². The number of carbonyl (C=O) groups excluding carboxylic acids is 4. The van der Waals surface area contributed by atoms with Crippen molar-refractivity contribution in [2.45, 2.75) is 108 Å². The number of benzene rings is 2. The molecule has 2 aromatic rings. The number of ether oxygens (including phenoxy) is 2. The lowest BCUT2D eigenvalue weighted by Gasteiger charge is -2.38. The summed E-state index contributed by atoms with van der Waals surface area (Å²) in [6.07, 6.45) is -0.0722. The SMILES string of the molecule is COC(=O)[C@H](CCCN=C(N)N[N+](=O)[O-])NC(=O)[C@@H]1C[C@@H]2CC[C@@H](O)C[C@@H]2N1C(=O)[C@H](CC(C)C)NC(=O)[C@H](O)Cc1ccc(OCc2ccccc2)cc1. The van der Waals surface area contributed by atoms with Crippen LogP contribution in [0.5, 0.6) is 5.75 Å². The van der Waals surface area contributed by atoms with E-state index in [1.165, 1.54) is 12.0 Å². The van der Waals surface area contributed by atoms with Crippen LogP contribution in [0.4, 0.5) is 0 Å². The van der Waals surface area contributed by atoms with Gasteiger partial charge in [-0.25, -0.2) is 19.9 Å². The molecular formula is C38H53N7O10. The summed E-state index contributed by atoms with van der Waals surface area (Å²) in [5, 5.41) is 36.7. The summed E-state index contributed by atoms with van der Waals surface area (Å²) >= 11 is 0. The normalized spacial score (nSPS) is 21.1. The minimum atomic E-state index is -1.48. The number of fused-ring (bicyclic) bond motifs is 1. The second-order valence-corrected chi connectivity index (χ2v) is 14.5. The first kappa shape index (κ1) is 42.5. The van der Waals surface area contributed by atoms with Crippen LogP contribution in [0.2, 0.25) is 0 Å². The lowest BCUT2D eigenvalue weighted by atomic mass is 9.83.